The monoisotopic (exact) mass is 243 g/mol. The smallest absolute Gasteiger partial charge is 0.253 e. The predicted octanol–water partition coefficient (Wildman–Crippen LogP) is 2.63. The minimum absolute atomic E-state index is 0.0150. The predicted molar refractivity (Wildman–Crippen MR) is 70.4 cm³/mol. The Morgan fingerprint density at radius 3 is 3.00 bits per heavy atom. The van der Waals surface area contributed by atoms with Crippen LogP contribution in [0.15, 0.2) is 24.5 Å². The first-order valence-electron chi connectivity index (χ1n) is 6.57. The minimum Gasteiger partial charge on any atom is -0.349 e. The molecule has 0 unspecified atom stereocenters. The number of amides is 1. The Hall–Kier alpha value is -1.84. The third-order valence-electron chi connectivity index (χ3n) is 3.64. The van der Waals surface area contributed by atoms with E-state index in [4.69, 9.17) is 0 Å². The molecule has 1 aliphatic carbocycles. The highest BCUT2D eigenvalue weighted by Crippen LogP contribution is 2.19. The van der Waals surface area contributed by atoms with E-state index in [1.807, 2.05) is 12.1 Å². The Morgan fingerprint density at radius 2 is 2.17 bits per heavy atom. The average molecular weight is 243 g/mol. The lowest BCUT2D eigenvalue weighted by Gasteiger charge is -2.22. The molecule has 2 aromatic heterocycles. The number of pyridine rings is 1. The van der Waals surface area contributed by atoms with Gasteiger partial charge in [0.25, 0.3) is 5.91 Å². The van der Waals surface area contributed by atoms with Crippen molar-refractivity contribution < 1.29 is 4.79 Å². The summed E-state index contributed by atoms with van der Waals surface area (Å²) in [6.45, 7) is 0. The van der Waals surface area contributed by atoms with Gasteiger partial charge in [0.05, 0.1) is 5.56 Å². The SMILES string of the molecule is O=C(NC1CCCCC1)c1c[nH]c2ncccc12. The van der Waals surface area contributed by atoms with Crippen molar-refractivity contribution >= 4 is 16.9 Å². The first kappa shape index (κ1) is 11.3. The number of nitrogens with one attached hydrogen (secondary N) is 2. The number of rotatable bonds is 2. The van der Waals surface area contributed by atoms with Crippen molar-refractivity contribution in [2.45, 2.75) is 38.1 Å². The molecule has 0 radical (unpaired) electrons. The molecule has 0 aliphatic heterocycles. The van der Waals surface area contributed by atoms with E-state index >= 15 is 0 Å². The molecule has 4 nitrogen and oxygen atoms in total. The fraction of sp³-hybridized carbons (Fsp3) is 0.429. The number of aromatic nitrogens is 2. The molecule has 1 amide bonds. The van der Waals surface area contributed by atoms with Crippen LogP contribution in [0.3, 0.4) is 0 Å². The molecule has 4 heteroatoms. The zero-order valence-electron chi connectivity index (χ0n) is 10.3. The van der Waals surface area contributed by atoms with Crippen LogP contribution in [-0.4, -0.2) is 21.9 Å². The molecular formula is C14H17N3O. The zero-order valence-corrected chi connectivity index (χ0v) is 10.3. The van der Waals surface area contributed by atoms with Crippen LogP contribution < -0.4 is 5.32 Å². The van der Waals surface area contributed by atoms with Crippen LogP contribution in [0.1, 0.15) is 42.5 Å². The highest BCUT2D eigenvalue weighted by Gasteiger charge is 2.18. The number of H-pyrrole nitrogens is 1. The highest BCUT2D eigenvalue weighted by molar-refractivity contribution is 6.05. The third kappa shape index (κ3) is 2.10. The third-order valence-corrected chi connectivity index (χ3v) is 3.64. The Bertz CT molecular complexity index is 555. The molecule has 18 heavy (non-hydrogen) atoms. The lowest BCUT2D eigenvalue weighted by atomic mass is 9.95. The normalized spacial score (nSPS) is 16.9. The van der Waals surface area contributed by atoms with Crippen molar-refractivity contribution in [3.8, 4) is 0 Å². The van der Waals surface area contributed by atoms with Gasteiger partial charge >= 0.3 is 0 Å². The van der Waals surface area contributed by atoms with Crippen LogP contribution in [0.2, 0.25) is 0 Å². The number of fused-ring (bicyclic) bond motifs is 1. The Morgan fingerprint density at radius 1 is 1.33 bits per heavy atom. The summed E-state index contributed by atoms with van der Waals surface area (Å²) >= 11 is 0. The van der Waals surface area contributed by atoms with Crippen molar-refractivity contribution in [1.29, 1.82) is 0 Å². The van der Waals surface area contributed by atoms with Crippen LogP contribution in [0.5, 0.6) is 0 Å². The van der Waals surface area contributed by atoms with E-state index in [2.05, 4.69) is 15.3 Å². The van der Waals surface area contributed by atoms with Gasteiger partial charge in [0.2, 0.25) is 0 Å². The fourth-order valence-electron chi connectivity index (χ4n) is 2.65. The maximum atomic E-state index is 12.2. The van der Waals surface area contributed by atoms with E-state index in [1.165, 1.54) is 19.3 Å². The Balaban J connectivity index is 1.79. The van der Waals surface area contributed by atoms with Gasteiger partial charge in [-0.2, -0.15) is 0 Å². The van der Waals surface area contributed by atoms with E-state index in [0.717, 1.165) is 23.9 Å². The van der Waals surface area contributed by atoms with Gasteiger partial charge in [0.15, 0.2) is 0 Å². The summed E-state index contributed by atoms with van der Waals surface area (Å²) in [5.74, 6) is 0.0150. The topological polar surface area (TPSA) is 57.8 Å². The molecule has 1 aliphatic rings. The van der Waals surface area contributed by atoms with Gasteiger partial charge in [-0.3, -0.25) is 4.79 Å². The molecule has 1 fully saturated rings. The van der Waals surface area contributed by atoms with Crippen LogP contribution in [0, 0.1) is 0 Å². The summed E-state index contributed by atoms with van der Waals surface area (Å²) in [6, 6.07) is 4.12. The molecule has 2 aromatic rings. The molecule has 0 aromatic carbocycles. The molecule has 0 atom stereocenters. The molecule has 0 spiro atoms. The Labute approximate surface area is 106 Å². The van der Waals surface area contributed by atoms with Gasteiger partial charge in [-0.15, -0.1) is 0 Å². The van der Waals surface area contributed by atoms with Gasteiger partial charge in [0.1, 0.15) is 5.65 Å². The second kappa shape index (κ2) is 4.80. The number of carbonyl (C=O) groups is 1. The van der Waals surface area contributed by atoms with Crippen LogP contribution >= 0.6 is 0 Å². The van der Waals surface area contributed by atoms with Crippen molar-refractivity contribution in [2.24, 2.45) is 0 Å². The quantitative estimate of drug-likeness (QED) is 0.851. The number of carbonyl (C=O) groups excluding carboxylic acids is 1. The van der Waals surface area contributed by atoms with E-state index in [1.54, 1.807) is 12.4 Å². The highest BCUT2D eigenvalue weighted by atomic mass is 16.1. The maximum absolute atomic E-state index is 12.2. The largest absolute Gasteiger partial charge is 0.349 e. The first-order chi connectivity index (χ1) is 8.84. The van der Waals surface area contributed by atoms with Crippen LogP contribution in [-0.2, 0) is 0 Å². The van der Waals surface area contributed by atoms with Crippen LogP contribution in [0.4, 0.5) is 0 Å². The number of hydrogen-bond donors (Lipinski definition) is 2. The molecule has 1 saturated carbocycles. The molecular weight excluding hydrogens is 226 g/mol. The first-order valence-corrected chi connectivity index (χ1v) is 6.57. The number of hydrogen-bond acceptors (Lipinski definition) is 2. The molecule has 3 rings (SSSR count). The molecule has 2 heterocycles. The van der Waals surface area contributed by atoms with E-state index < -0.39 is 0 Å². The molecule has 0 saturated heterocycles. The van der Waals surface area contributed by atoms with Crippen molar-refractivity contribution in [3.63, 3.8) is 0 Å². The second-order valence-electron chi connectivity index (χ2n) is 4.91. The molecule has 94 valence electrons. The maximum Gasteiger partial charge on any atom is 0.253 e. The Kier molecular flexibility index (Phi) is 3.00. The summed E-state index contributed by atoms with van der Waals surface area (Å²) < 4.78 is 0. The summed E-state index contributed by atoms with van der Waals surface area (Å²) in [4.78, 5) is 19.5. The van der Waals surface area contributed by atoms with Crippen molar-refractivity contribution in [2.75, 3.05) is 0 Å². The zero-order chi connectivity index (χ0) is 12.4. The van der Waals surface area contributed by atoms with Gasteiger partial charge in [0, 0.05) is 23.8 Å². The van der Waals surface area contributed by atoms with Gasteiger partial charge in [-0.05, 0) is 25.0 Å². The summed E-state index contributed by atoms with van der Waals surface area (Å²) in [7, 11) is 0. The summed E-state index contributed by atoms with van der Waals surface area (Å²) in [5, 5.41) is 4.02. The lowest BCUT2D eigenvalue weighted by molar-refractivity contribution is 0.0929. The van der Waals surface area contributed by atoms with Gasteiger partial charge < -0.3 is 10.3 Å². The average Bonchev–Trinajstić information content (AvgIpc) is 2.84. The van der Waals surface area contributed by atoms with Crippen molar-refractivity contribution in [3.05, 3.63) is 30.1 Å². The summed E-state index contributed by atoms with van der Waals surface area (Å²) in [6.07, 6.45) is 9.42. The van der Waals surface area contributed by atoms with Gasteiger partial charge in [-0.25, -0.2) is 4.98 Å². The summed E-state index contributed by atoms with van der Waals surface area (Å²) in [5.41, 5.74) is 1.47. The van der Waals surface area contributed by atoms with Gasteiger partial charge in [-0.1, -0.05) is 19.3 Å². The molecule has 0 bridgehead atoms. The molecule has 2 N–H and O–H groups in total. The standard InChI is InChI=1S/C14H17N3O/c18-14(17-10-5-2-1-3-6-10)12-9-16-13-11(12)7-4-8-15-13/h4,7-10H,1-3,5-6H2,(H,15,16)(H,17,18). The number of aromatic amines is 1. The second-order valence-corrected chi connectivity index (χ2v) is 4.91. The van der Waals surface area contributed by atoms with E-state index in [0.29, 0.717) is 11.6 Å². The van der Waals surface area contributed by atoms with Crippen molar-refractivity contribution in [1.82, 2.24) is 15.3 Å². The van der Waals surface area contributed by atoms with E-state index in [-0.39, 0.29) is 5.91 Å². The van der Waals surface area contributed by atoms with E-state index in [9.17, 15) is 4.79 Å². The minimum atomic E-state index is 0.0150. The van der Waals surface area contributed by atoms with Crippen LogP contribution in [0.25, 0.3) is 11.0 Å². The lowest BCUT2D eigenvalue weighted by Crippen LogP contribution is -2.36. The number of nitrogens with zero attached hydrogens (tertiary/aromatic N) is 1. The fourth-order valence-corrected chi connectivity index (χ4v) is 2.65.